The van der Waals surface area contributed by atoms with E-state index in [0.717, 1.165) is 18.4 Å². The van der Waals surface area contributed by atoms with Crippen LogP contribution in [0.25, 0.3) is 0 Å². The van der Waals surface area contributed by atoms with Crippen molar-refractivity contribution in [3.8, 4) is 0 Å². The van der Waals surface area contributed by atoms with E-state index in [-0.39, 0.29) is 11.9 Å². The molecule has 0 aromatic heterocycles. The molecule has 0 radical (unpaired) electrons. The Morgan fingerprint density at radius 3 is 2.44 bits per heavy atom. The molecule has 1 rings (SSSR count). The van der Waals surface area contributed by atoms with Crippen molar-refractivity contribution in [2.24, 2.45) is 11.1 Å². The molecule has 1 aromatic carbocycles. The molecule has 1 aromatic rings. The van der Waals surface area contributed by atoms with Crippen LogP contribution in [0.3, 0.4) is 0 Å². The van der Waals surface area contributed by atoms with Crippen LogP contribution in [0.5, 0.6) is 0 Å². The minimum atomic E-state index is -0.145. The van der Waals surface area contributed by atoms with Crippen molar-refractivity contribution in [2.75, 3.05) is 0 Å². The lowest BCUT2D eigenvalue weighted by Gasteiger charge is -2.21. The van der Waals surface area contributed by atoms with Crippen LogP contribution in [0.1, 0.15) is 39.2 Å². The number of nitrogens with two attached hydrogens (primary N) is 1. The fourth-order valence-corrected chi connectivity index (χ4v) is 1.67. The first kappa shape index (κ1) is 13.2. The van der Waals surface area contributed by atoms with Gasteiger partial charge in [-0.1, -0.05) is 39.0 Å². The summed E-state index contributed by atoms with van der Waals surface area (Å²) >= 11 is 0. The van der Waals surface area contributed by atoms with E-state index < -0.39 is 0 Å². The van der Waals surface area contributed by atoms with E-state index >= 15 is 0 Å². The van der Waals surface area contributed by atoms with Gasteiger partial charge in [-0.3, -0.25) is 0 Å². The fourth-order valence-electron chi connectivity index (χ4n) is 1.67. The summed E-state index contributed by atoms with van der Waals surface area (Å²) in [4.78, 5) is 0. The third-order valence-electron chi connectivity index (χ3n) is 2.71. The molecule has 1 atom stereocenters. The first-order valence-electron chi connectivity index (χ1n) is 5.87. The number of rotatable bonds is 4. The SMILES string of the molecule is CC(C)(C)CCC(N)Cc1ccccc1F. The maximum Gasteiger partial charge on any atom is 0.126 e. The van der Waals surface area contributed by atoms with Gasteiger partial charge in [0.05, 0.1) is 0 Å². The molecule has 2 N–H and O–H groups in total. The van der Waals surface area contributed by atoms with Gasteiger partial charge in [0, 0.05) is 6.04 Å². The summed E-state index contributed by atoms with van der Waals surface area (Å²) in [7, 11) is 0. The van der Waals surface area contributed by atoms with Crippen LogP contribution < -0.4 is 5.73 Å². The molecule has 0 aliphatic rings. The van der Waals surface area contributed by atoms with Gasteiger partial charge in [0.25, 0.3) is 0 Å². The summed E-state index contributed by atoms with van der Waals surface area (Å²) in [6.07, 6.45) is 2.64. The van der Waals surface area contributed by atoms with Crippen molar-refractivity contribution in [1.29, 1.82) is 0 Å². The molecule has 1 nitrogen and oxygen atoms in total. The molecule has 0 bridgehead atoms. The molecular weight excluding hydrogens is 201 g/mol. The van der Waals surface area contributed by atoms with Crippen molar-refractivity contribution < 1.29 is 4.39 Å². The quantitative estimate of drug-likeness (QED) is 0.830. The Bertz CT molecular complexity index is 328. The molecule has 0 amide bonds. The summed E-state index contributed by atoms with van der Waals surface area (Å²) in [5.41, 5.74) is 7.04. The summed E-state index contributed by atoms with van der Waals surface area (Å²) in [5, 5.41) is 0. The first-order chi connectivity index (χ1) is 7.38. The van der Waals surface area contributed by atoms with Crippen molar-refractivity contribution in [2.45, 2.75) is 46.1 Å². The molecule has 0 aliphatic heterocycles. The average Bonchev–Trinajstić information content (AvgIpc) is 2.18. The molecular formula is C14H22FN. The van der Waals surface area contributed by atoms with Crippen LogP contribution in [0.4, 0.5) is 4.39 Å². The lowest BCUT2D eigenvalue weighted by atomic mass is 9.87. The van der Waals surface area contributed by atoms with E-state index in [1.54, 1.807) is 6.07 Å². The highest BCUT2D eigenvalue weighted by Crippen LogP contribution is 2.22. The lowest BCUT2D eigenvalue weighted by molar-refractivity contribution is 0.346. The Kier molecular flexibility index (Phi) is 4.48. The van der Waals surface area contributed by atoms with Crippen LogP contribution in [-0.2, 0) is 6.42 Å². The highest BCUT2D eigenvalue weighted by atomic mass is 19.1. The number of hydrogen-bond donors (Lipinski definition) is 1. The second-order valence-electron chi connectivity index (χ2n) is 5.65. The maximum absolute atomic E-state index is 13.4. The van der Waals surface area contributed by atoms with E-state index in [4.69, 9.17) is 5.73 Å². The minimum Gasteiger partial charge on any atom is -0.327 e. The zero-order chi connectivity index (χ0) is 12.2. The van der Waals surface area contributed by atoms with Crippen molar-refractivity contribution in [3.63, 3.8) is 0 Å². The number of benzene rings is 1. The highest BCUT2D eigenvalue weighted by Gasteiger charge is 2.14. The number of hydrogen-bond acceptors (Lipinski definition) is 1. The summed E-state index contributed by atoms with van der Waals surface area (Å²) in [6, 6.07) is 6.92. The molecule has 0 saturated heterocycles. The Morgan fingerprint density at radius 1 is 1.25 bits per heavy atom. The fraction of sp³-hybridized carbons (Fsp3) is 0.571. The van der Waals surface area contributed by atoms with Crippen LogP contribution in [0, 0.1) is 11.2 Å². The molecule has 0 aliphatic carbocycles. The molecule has 1 unspecified atom stereocenters. The van der Waals surface area contributed by atoms with Gasteiger partial charge in [-0.2, -0.15) is 0 Å². The van der Waals surface area contributed by atoms with Crippen LogP contribution in [0.15, 0.2) is 24.3 Å². The zero-order valence-electron chi connectivity index (χ0n) is 10.5. The molecule has 2 heteroatoms. The first-order valence-corrected chi connectivity index (χ1v) is 5.87. The summed E-state index contributed by atoms with van der Waals surface area (Å²) in [5.74, 6) is -0.145. The third-order valence-corrected chi connectivity index (χ3v) is 2.71. The Labute approximate surface area is 97.9 Å². The smallest absolute Gasteiger partial charge is 0.126 e. The monoisotopic (exact) mass is 223 g/mol. The van der Waals surface area contributed by atoms with Crippen LogP contribution in [0.2, 0.25) is 0 Å². The largest absolute Gasteiger partial charge is 0.327 e. The predicted octanol–water partition coefficient (Wildman–Crippen LogP) is 3.52. The lowest BCUT2D eigenvalue weighted by Crippen LogP contribution is -2.25. The van der Waals surface area contributed by atoms with Crippen LogP contribution in [-0.4, -0.2) is 6.04 Å². The van der Waals surface area contributed by atoms with Crippen molar-refractivity contribution in [1.82, 2.24) is 0 Å². The van der Waals surface area contributed by atoms with E-state index in [1.807, 2.05) is 12.1 Å². The Balaban J connectivity index is 2.46. The van der Waals surface area contributed by atoms with E-state index in [0.29, 0.717) is 11.8 Å². The van der Waals surface area contributed by atoms with Crippen LogP contribution >= 0.6 is 0 Å². The normalized spacial score (nSPS) is 13.8. The van der Waals surface area contributed by atoms with Gasteiger partial charge >= 0.3 is 0 Å². The van der Waals surface area contributed by atoms with Gasteiger partial charge in [-0.25, -0.2) is 4.39 Å². The van der Waals surface area contributed by atoms with E-state index in [9.17, 15) is 4.39 Å². The molecule has 0 spiro atoms. The van der Waals surface area contributed by atoms with Gasteiger partial charge in [0.1, 0.15) is 5.82 Å². The number of halogens is 1. The molecule has 0 saturated carbocycles. The molecule has 16 heavy (non-hydrogen) atoms. The Hall–Kier alpha value is -0.890. The average molecular weight is 223 g/mol. The second kappa shape index (κ2) is 5.44. The topological polar surface area (TPSA) is 26.0 Å². The van der Waals surface area contributed by atoms with Gasteiger partial charge in [-0.15, -0.1) is 0 Å². The zero-order valence-corrected chi connectivity index (χ0v) is 10.5. The van der Waals surface area contributed by atoms with Crippen molar-refractivity contribution in [3.05, 3.63) is 35.6 Å². The molecule has 0 heterocycles. The maximum atomic E-state index is 13.4. The molecule has 90 valence electrons. The van der Waals surface area contributed by atoms with Gasteiger partial charge < -0.3 is 5.73 Å². The highest BCUT2D eigenvalue weighted by molar-refractivity contribution is 5.18. The van der Waals surface area contributed by atoms with Gasteiger partial charge in [0.2, 0.25) is 0 Å². The van der Waals surface area contributed by atoms with E-state index in [2.05, 4.69) is 20.8 Å². The predicted molar refractivity (Wildman–Crippen MR) is 66.8 cm³/mol. The third kappa shape index (κ3) is 4.75. The molecule has 0 fully saturated rings. The van der Waals surface area contributed by atoms with Gasteiger partial charge in [0.15, 0.2) is 0 Å². The standard InChI is InChI=1S/C14H22FN/c1-14(2,3)9-8-12(16)10-11-6-4-5-7-13(11)15/h4-7,12H,8-10,16H2,1-3H3. The summed E-state index contributed by atoms with van der Waals surface area (Å²) < 4.78 is 13.4. The van der Waals surface area contributed by atoms with Gasteiger partial charge in [-0.05, 0) is 36.3 Å². The van der Waals surface area contributed by atoms with Crippen molar-refractivity contribution >= 4 is 0 Å². The summed E-state index contributed by atoms with van der Waals surface area (Å²) in [6.45, 7) is 6.59. The minimum absolute atomic E-state index is 0.0520. The Morgan fingerprint density at radius 2 is 1.88 bits per heavy atom. The second-order valence-corrected chi connectivity index (χ2v) is 5.65. The van der Waals surface area contributed by atoms with E-state index in [1.165, 1.54) is 6.07 Å².